The van der Waals surface area contributed by atoms with Gasteiger partial charge in [-0.2, -0.15) is 4.57 Å². The molecule has 0 saturated heterocycles. The first kappa shape index (κ1) is 43.2. The van der Waals surface area contributed by atoms with Crippen LogP contribution in [0.25, 0.3) is 5.69 Å². The summed E-state index contributed by atoms with van der Waals surface area (Å²) in [5, 5.41) is 22.6. The zero-order valence-electron chi connectivity index (χ0n) is 30.1. The van der Waals surface area contributed by atoms with Crippen molar-refractivity contribution in [2.45, 2.75) is 136 Å². The van der Waals surface area contributed by atoms with Crippen molar-refractivity contribution < 1.29 is 45.9 Å². The third-order valence-corrected chi connectivity index (χ3v) is 7.56. The fourth-order valence-electron chi connectivity index (χ4n) is 5.27. The molecule has 0 radical (unpaired) electrons. The second-order valence-corrected chi connectivity index (χ2v) is 14.2. The first-order valence-electron chi connectivity index (χ1n) is 17.2. The first-order valence-corrected chi connectivity index (χ1v) is 17.2. The maximum absolute atomic E-state index is 12.7. The van der Waals surface area contributed by atoms with Crippen LogP contribution in [-0.2, 0) is 20.7 Å². The molecule has 13 heteroatoms. The van der Waals surface area contributed by atoms with E-state index in [4.69, 9.17) is 9.47 Å². The van der Waals surface area contributed by atoms with E-state index in [1.807, 2.05) is 59.9 Å². The van der Waals surface area contributed by atoms with Gasteiger partial charge in [-0.05, 0) is 66.9 Å². The molecule has 0 aliphatic heterocycles. The summed E-state index contributed by atoms with van der Waals surface area (Å²) in [4.78, 5) is 47.9. The third kappa shape index (κ3) is 18.0. The smallest absolute Gasteiger partial charge is 0.410 e. The Labute approximate surface area is 297 Å². The van der Waals surface area contributed by atoms with Gasteiger partial charge in [0.05, 0.1) is 16.3 Å². The molecule has 0 unspecified atom stereocenters. The van der Waals surface area contributed by atoms with Crippen LogP contribution >= 0.6 is 0 Å². The lowest BCUT2D eigenvalue weighted by atomic mass is 10.0. The second kappa shape index (κ2) is 21.3. The fourth-order valence-corrected chi connectivity index (χ4v) is 5.27. The highest BCUT2D eigenvalue weighted by atomic mass is 35.5. The van der Waals surface area contributed by atoms with Crippen LogP contribution in [0.2, 0.25) is 0 Å². The number of rotatable bonds is 20. The molecule has 1 amide bonds. The predicted molar refractivity (Wildman–Crippen MR) is 184 cm³/mol. The van der Waals surface area contributed by atoms with E-state index >= 15 is 0 Å². The van der Waals surface area contributed by atoms with Gasteiger partial charge in [0.15, 0.2) is 12.4 Å². The Balaban J connectivity index is 0.0000120. The zero-order valence-corrected chi connectivity index (χ0v) is 30.8. The maximum atomic E-state index is 12.7. The third-order valence-electron chi connectivity index (χ3n) is 7.56. The van der Waals surface area contributed by atoms with Crippen LogP contribution in [0.3, 0.4) is 0 Å². The van der Waals surface area contributed by atoms with E-state index in [2.05, 4.69) is 0 Å². The number of pyridine rings is 1. The van der Waals surface area contributed by atoms with E-state index < -0.39 is 27.1 Å². The standard InChI is InChI=1S/C36H55N4O8.ClH/c1-35(2,3)47-33(41)23-26-37(34(42)48-36(4,5)6)24-17-15-13-11-9-7-8-10-12-14-16-19-29-20-18-25-38(28-29)31-22-21-30(39(43)44)27-32(31)40(45)46;/h18,20-22,25,27-28H,7-17,19,23-24,26H2,1-6H3;1H/q+1;/p-1. The van der Waals surface area contributed by atoms with Crippen molar-refractivity contribution in [1.29, 1.82) is 0 Å². The molecule has 12 nitrogen and oxygen atoms in total. The monoisotopic (exact) mass is 706 g/mol. The Kier molecular flexibility index (Phi) is 18.8. The number of nitro groups is 2. The lowest BCUT2D eigenvalue weighted by Gasteiger charge is -2.28. The van der Waals surface area contributed by atoms with Gasteiger partial charge in [0.1, 0.15) is 17.3 Å². The number of nitrogens with zero attached hydrogens (tertiary/aromatic N) is 4. The number of benzene rings is 1. The number of non-ortho nitro benzene ring substituents is 1. The van der Waals surface area contributed by atoms with E-state index in [9.17, 15) is 29.8 Å². The topological polar surface area (TPSA) is 146 Å². The first-order chi connectivity index (χ1) is 22.6. The molecular formula is C36H55ClN4O8. The van der Waals surface area contributed by atoms with Gasteiger partial charge in [0.25, 0.3) is 11.4 Å². The van der Waals surface area contributed by atoms with Gasteiger partial charge in [-0.15, -0.1) is 0 Å². The Hall–Kier alpha value is -3.80. The van der Waals surface area contributed by atoms with Gasteiger partial charge in [-0.25, -0.2) is 4.79 Å². The molecule has 0 atom stereocenters. The largest absolute Gasteiger partial charge is 1.00 e. The molecule has 49 heavy (non-hydrogen) atoms. The number of carbonyl (C=O) groups is 2. The highest BCUT2D eigenvalue weighted by Gasteiger charge is 2.27. The van der Waals surface area contributed by atoms with Crippen LogP contribution in [0.4, 0.5) is 16.2 Å². The van der Waals surface area contributed by atoms with E-state index in [-0.39, 0.29) is 42.7 Å². The number of nitro benzene ring substituents is 2. The number of hydrogen-bond acceptors (Lipinski definition) is 8. The Morgan fingerprint density at radius 1 is 0.755 bits per heavy atom. The van der Waals surface area contributed by atoms with Crippen LogP contribution in [0.15, 0.2) is 42.7 Å². The van der Waals surface area contributed by atoms with Crippen LogP contribution in [0.1, 0.15) is 124 Å². The highest BCUT2D eigenvalue weighted by Crippen LogP contribution is 2.25. The normalized spacial score (nSPS) is 11.4. The summed E-state index contributed by atoms with van der Waals surface area (Å²) in [5.74, 6) is -0.322. The number of hydrogen-bond donors (Lipinski definition) is 0. The van der Waals surface area contributed by atoms with Crippen molar-refractivity contribution in [3.63, 3.8) is 0 Å². The van der Waals surface area contributed by atoms with E-state index in [0.29, 0.717) is 12.2 Å². The molecule has 0 saturated carbocycles. The molecule has 2 aromatic rings. The summed E-state index contributed by atoms with van der Waals surface area (Å²) in [6.07, 6.45) is 16.4. The molecule has 0 aliphatic rings. The molecule has 0 N–H and O–H groups in total. The van der Waals surface area contributed by atoms with Crippen molar-refractivity contribution in [1.82, 2.24) is 4.90 Å². The average molecular weight is 707 g/mol. The number of carbonyl (C=O) groups excluding carboxylic acids is 2. The molecule has 1 aromatic heterocycles. The summed E-state index contributed by atoms with van der Waals surface area (Å²) in [6.45, 7) is 11.8. The molecule has 1 heterocycles. The number of halogens is 1. The summed E-state index contributed by atoms with van der Waals surface area (Å²) in [5.41, 5.74) is -0.414. The SMILES string of the molecule is CC(C)(C)OC(=O)CCN(CCCCCCCCCCCCCc1ccc[n+](-c2ccc([N+](=O)[O-])cc2[N+](=O)[O-])c1)C(=O)OC(C)(C)C.[Cl-]. The molecule has 0 aliphatic carbocycles. The number of amides is 1. The van der Waals surface area contributed by atoms with Gasteiger partial charge in [-0.1, -0.05) is 57.8 Å². The van der Waals surface area contributed by atoms with E-state index in [0.717, 1.165) is 63.0 Å². The summed E-state index contributed by atoms with van der Waals surface area (Å²) in [7, 11) is 0. The average Bonchev–Trinajstić information content (AvgIpc) is 2.98. The van der Waals surface area contributed by atoms with E-state index in [1.165, 1.54) is 37.8 Å². The summed E-state index contributed by atoms with van der Waals surface area (Å²) in [6, 6.07) is 7.52. The number of aryl methyl sites for hydroxylation is 1. The van der Waals surface area contributed by atoms with E-state index in [1.54, 1.807) is 15.7 Å². The van der Waals surface area contributed by atoms with Gasteiger partial charge in [0.2, 0.25) is 0 Å². The molecule has 1 aromatic carbocycles. The van der Waals surface area contributed by atoms with Crippen LogP contribution in [0, 0.1) is 20.2 Å². The number of esters is 1. The van der Waals surface area contributed by atoms with Crippen molar-refractivity contribution in [3.05, 3.63) is 68.5 Å². The van der Waals surface area contributed by atoms with Crippen LogP contribution < -0.4 is 17.0 Å². The second-order valence-electron chi connectivity index (χ2n) is 14.2. The number of unbranched alkanes of at least 4 members (excludes halogenated alkanes) is 10. The summed E-state index contributed by atoms with van der Waals surface area (Å²) < 4.78 is 12.6. The Bertz CT molecular complexity index is 1360. The quantitative estimate of drug-likeness (QED) is 0.0570. The van der Waals surface area contributed by atoms with Gasteiger partial charge in [0, 0.05) is 36.9 Å². The Morgan fingerprint density at radius 2 is 1.31 bits per heavy atom. The molecule has 0 spiro atoms. The Morgan fingerprint density at radius 3 is 1.84 bits per heavy atom. The fraction of sp³-hybridized carbons (Fsp3) is 0.639. The van der Waals surface area contributed by atoms with Crippen molar-refractivity contribution in [2.75, 3.05) is 13.1 Å². The maximum Gasteiger partial charge on any atom is 0.410 e. The van der Waals surface area contributed by atoms with Gasteiger partial charge < -0.3 is 26.8 Å². The highest BCUT2D eigenvalue weighted by molar-refractivity contribution is 5.72. The number of aromatic nitrogens is 1. The minimum absolute atomic E-state index is 0. The lowest BCUT2D eigenvalue weighted by molar-refractivity contribution is -0.601. The van der Waals surface area contributed by atoms with Crippen molar-refractivity contribution >= 4 is 23.4 Å². The minimum atomic E-state index is -0.635. The molecule has 274 valence electrons. The zero-order chi connectivity index (χ0) is 35.7. The summed E-state index contributed by atoms with van der Waals surface area (Å²) >= 11 is 0. The lowest BCUT2D eigenvalue weighted by Crippen LogP contribution is -3.00. The van der Waals surface area contributed by atoms with Crippen molar-refractivity contribution in [2.24, 2.45) is 0 Å². The molecular weight excluding hydrogens is 652 g/mol. The molecule has 2 rings (SSSR count). The van der Waals surface area contributed by atoms with Gasteiger partial charge in [-0.3, -0.25) is 25.0 Å². The number of ether oxygens (including phenoxy) is 2. The predicted octanol–water partition coefficient (Wildman–Crippen LogP) is 5.59. The molecule has 0 fully saturated rings. The van der Waals surface area contributed by atoms with Gasteiger partial charge >= 0.3 is 17.7 Å². The minimum Gasteiger partial charge on any atom is -1.00 e. The molecule has 0 bridgehead atoms. The van der Waals surface area contributed by atoms with Crippen molar-refractivity contribution in [3.8, 4) is 5.69 Å². The van der Waals surface area contributed by atoms with Crippen LogP contribution in [0.5, 0.6) is 0 Å². The van der Waals surface area contributed by atoms with Crippen LogP contribution in [-0.4, -0.2) is 51.1 Å².